The van der Waals surface area contributed by atoms with Crippen LogP contribution in [0.15, 0.2) is 0 Å². The summed E-state index contributed by atoms with van der Waals surface area (Å²) in [6.07, 6.45) is -1.64. The molecule has 3 atom stereocenters. The number of alkyl halides is 1. The van der Waals surface area contributed by atoms with E-state index in [0.29, 0.717) is 26.1 Å². The Hall–Kier alpha value is -0.190. The molecule has 3 unspecified atom stereocenters. The molecule has 1 heterocycles. The fourth-order valence-electron chi connectivity index (χ4n) is 1.39. The van der Waals surface area contributed by atoms with Crippen LogP contribution in [0, 0.1) is 0 Å². The number of aliphatic hydroxyl groups is 2. The zero-order chi connectivity index (χ0) is 9.14. The van der Waals surface area contributed by atoms with Crippen molar-refractivity contribution in [2.75, 3.05) is 19.6 Å². The van der Waals surface area contributed by atoms with Crippen molar-refractivity contribution in [2.45, 2.75) is 31.7 Å². The Morgan fingerprint density at radius 1 is 1.42 bits per heavy atom. The van der Waals surface area contributed by atoms with Gasteiger partial charge in [-0.15, -0.1) is 0 Å². The maximum atomic E-state index is 12.4. The molecule has 4 heteroatoms. The highest BCUT2D eigenvalue weighted by Gasteiger charge is 2.28. The smallest absolute Gasteiger partial charge is 0.0985 e. The SMILES string of the molecule is CC(F)CCN1CC(O)C(O)C1. The molecule has 1 fully saturated rings. The molecule has 0 aromatic carbocycles. The summed E-state index contributed by atoms with van der Waals surface area (Å²) < 4.78 is 12.4. The summed E-state index contributed by atoms with van der Waals surface area (Å²) >= 11 is 0. The summed E-state index contributed by atoms with van der Waals surface area (Å²) in [6, 6.07) is 0. The van der Waals surface area contributed by atoms with Crippen LogP contribution in [-0.2, 0) is 0 Å². The van der Waals surface area contributed by atoms with Crippen molar-refractivity contribution in [1.82, 2.24) is 4.90 Å². The maximum absolute atomic E-state index is 12.4. The minimum Gasteiger partial charge on any atom is -0.389 e. The van der Waals surface area contributed by atoms with Crippen molar-refractivity contribution in [3.63, 3.8) is 0 Å². The molecular weight excluding hydrogens is 161 g/mol. The zero-order valence-corrected chi connectivity index (χ0v) is 7.28. The number of β-amino-alcohol motifs (C(OH)–C–C–N with tert-alkyl or cyclic N) is 2. The first kappa shape index (κ1) is 9.89. The second-order valence-corrected chi connectivity index (χ2v) is 3.46. The van der Waals surface area contributed by atoms with Gasteiger partial charge in [-0.1, -0.05) is 0 Å². The van der Waals surface area contributed by atoms with Gasteiger partial charge in [-0.25, -0.2) is 4.39 Å². The highest BCUT2D eigenvalue weighted by molar-refractivity contribution is 4.83. The first-order chi connectivity index (χ1) is 5.59. The number of hydrogen-bond donors (Lipinski definition) is 2. The molecule has 0 aliphatic carbocycles. The summed E-state index contributed by atoms with van der Waals surface area (Å²) in [5.41, 5.74) is 0. The lowest BCUT2D eigenvalue weighted by Gasteiger charge is -2.14. The van der Waals surface area contributed by atoms with E-state index in [0.717, 1.165) is 0 Å². The number of hydrogen-bond acceptors (Lipinski definition) is 3. The number of aliphatic hydroxyl groups excluding tert-OH is 2. The van der Waals surface area contributed by atoms with Gasteiger partial charge < -0.3 is 10.2 Å². The van der Waals surface area contributed by atoms with Crippen LogP contribution < -0.4 is 0 Å². The molecule has 0 bridgehead atoms. The van der Waals surface area contributed by atoms with Crippen LogP contribution in [-0.4, -0.2) is 53.1 Å². The molecule has 0 aromatic rings. The van der Waals surface area contributed by atoms with Crippen molar-refractivity contribution in [1.29, 1.82) is 0 Å². The van der Waals surface area contributed by atoms with Crippen LogP contribution in [0.5, 0.6) is 0 Å². The van der Waals surface area contributed by atoms with Crippen molar-refractivity contribution in [3.05, 3.63) is 0 Å². The second-order valence-electron chi connectivity index (χ2n) is 3.46. The van der Waals surface area contributed by atoms with Gasteiger partial charge in [0, 0.05) is 19.6 Å². The van der Waals surface area contributed by atoms with E-state index in [1.165, 1.54) is 6.92 Å². The Morgan fingerprint density at radius 2 is 1.92 bits per heavy atom. The molecule has 1 aliphatic rings. The second kappa shape index (κ2) is 4.16. The lowest BCUT2D eigenvalue weighted by Crippen LogP contribution is -2.24. The summed E-state index contributed by atoms with van der Waals surface area (Å²) in [6.45, 7) is 3.07. The molecule has 1 aliphatic heterocycles. The molecule has 0 saturated carbocycles. The number of nitrogens with zero attached hydrogens (tertiary/aromatic N) is 1. The predicted octanol–water partition coefficient (Wildman–Crippen LogP) is -0.228. The Balaban J connectivity index is 2.19. The van der Waals surface area contributed by atoms with Gasteiger partial charge in [-0.3, -0.25) is 4.90 Å². The minimum absolute atomic E-state index is 0.466. The molecule has 2 N–H and O–H groups in total. The molecule has 0 radical (unpaired) electrons. The fraction of sp³-hybridized carbons (Fsp3) is 1.00. The largest absolute Gasteiger partial charge is 0.389 e. The van der Waals surface area contributed by atoms with Crippen LogP contribution in [0.3, 0.4) is 0 Å². The normalized spacial score (nSPS) is 34.0. The number of likely N-dealkylation sites (tertiary alicyclic amines) is 1. The van der Waals surface area contributed by atoms with E-state index >= 15 is 0 Å². The molecule has 1 rings (SSSR count). The van der Waals surface area contributed by atoms with Crippen LogP contribution in [0.1, 0.15) is 13.3 Å². The highest BCUT2D eigenvalue weighted by atomic mass is 19.1. The molecule has 12 heavy (non-hydrogen) atoms. The van der Waals surface area contributed by atoms with Gasteiger partial charge in [-0.05, 0) is 13.3 Å². The third-order valence-corrected chi connectivity index (χ3v) is 2.18. The molecule has 0 aromatic heterocycles. The van der Waals surface area contributed by atoms with Crippen molar-refractivity contribution in [2.24, 2.45) is 0 Å². The lowest BCUT2D eigenvalue weighted by molar-refractivity contribution is 0.0572. The van der Waals surface area contributed by atoms with Crippen LogP contribution in [0.2, 0.25) is 0 Å². The van der Waals surface area contributed by atoms with Gasteiger partial charge in [0.05, 0.1) is 18.4 Å². The summed E-state index contributed by atoms with van der Waals surface area (Å²) in [4.78, 5) is 1.88. The number of rotatable bonds is 3. The van der Waals surface area contributed by atoms with Crippen LogP contribution >= 0.6 is 0 Å². The average Bonchev–Trinajstić information content (AvgIpc) is 2.28. The first-order valence-electron chi connectivity index (χ1n) is 4.32. The Bertz CT molecular complexity index is 133. The van der Waals surface area contributed by atoms with Gasteiger partial charge >= 0.3 is 0 Å². The molecule has 3 nitrogen and oxygen atoms in total. The molecular formula is C8H16FNO2. The number of halogens is 1. The van der Waals surface area contributed by atoms with E-state index in [2.05, 4.69) is 0 Å². The van der Waals surface area contributed by atoms with Crippen molar-refractivity contribution >= 4 is 0 Å². The molecule has 1 saturated heterocycles. The first-order valence-corrected chi connectivity index (χ1v) is 4.32. The van der Waals surface area contributed by atoms with E-state index in [4.69, 9.17) is 10.2 Å². The topological polar surface area (TPSA) is 43.7 Å². The standard InChI is InChI=1S/C8H16FNO2/c1-6(9)2-3-10-4-7(11)8(12)5-10/h6-8,11-12H,2-5H2,1H3. The predicted molar refractivity (Wildman–Crippen MR) is 43.6 cm³/mol. The van der Waals surface area contributed by atoms with Crippen molar-refractivity contribution < 1.29 is 14.6 Å². The molecule has 0 amide bonds. The monoisotopic (exact) mass is 177 g/mol. The Morgan fingerprint density at radius 3 is 2.33 bits per heavy atom. The van der Waals surface area contributed by atoms with E-state index in [1.807, 2.05) is 4.90 Å². The van der Waals surface area contributed by atoms with Gasteiger partial charge in [0.2, 0.25) is 0 Å². The highest BCUT2D eigenvalue weighted by Crippen LogP contribution is 2.11. The fourth-order valence-corrected chi connectivity index (χ4v) is 1.39. The van der Waals surface area contributed by atoms with E-state index in [-0.39, 0.29) is 0 Å². The van der Waals surface area contributed by atoms with E-state index in [1.54, 1.807) is 0 Å². The van der Waals surface area contributed by atoms with Crippen LogP contribution in [0.4, 0.5) is 4.39 Å². The average molecular weight is 177 g/mol. The van der Waals surface area contributed by atoms with Gasteiger partial charge in [0.25, 0.3) is 0 Å². The molecule has 0 spiro atoms. The summed E-state index contributed by atoms with van der Waals surface area (Å²) in [5, 5.41) is 18.3. The Kier molecular flexibility index (Phi) is 3.43. The zero-order valence-electron chi connectivity index (χ0n) is 7.28. The summed E-state index contributed by atoms with van der Waals surface area (Å²) in [7, 11) is 0. The van der Waals surface area contributed by atoms with Gasteiger partial charge in [-0.2, -0.15) is 0 Å². The molecule has 72 valence electrons. The van der Waals surface area contributed by atoms with Crippen LogP contribution in [0.25, 0.3) is 0 Å². The van der Waals surface area contributed by atoms with E-state index < -0.39 is 18.4 Å². The van der Waals surface area contributed by atoms with Gasteiger partial charge in [0.1, 0.15) is 0 Å². The third-order valence-electron chi connectivity index (χ3n) is 2.18. The lowest BCUT2D eigenvalue weighted by atomic mass is 10.3. The summed E-state index contributed by atoms with van der Waals surface area (Å²) in [5.74, 6) is 0. The van der Waals surface area contributed by atoms with E-state index in [9.17, 15) is 4.39 Å². The third kappa shape index (κ3) is 2.69. The minimum atomic E-state index is -0.806. The van der Waals surface area contributed by atoms with Gasteiger partial charge in [0.15, 0.2) is 0 Å². The quantitative estimate of drug-likeness (QED) is 0.626. The Labute approximate surface area is 71.8 Å². The maximum Gasteiger partial charge on any atom is 0.0985 e. The van der Waals surface area contributed by atoms with Crippen molar-refractivity contribution in [3.8, 4) is 0 Å².